The molecule has 2 heterocycles. The maximum Gasteiger partial charge on any atom is 0.242 e. The van der Waals surface area contributed by atoms with Crippen molar-refractivity contribution < 1.29 is 13.2 Å². The van der Waals surface area contributed by atoms with Gasteiger partial charge in [-0.05, 0) is 24.5 Å². The van der Waals surface area contributed by atoms with Crippen LogP contribution in [0.2, 0.25) is 0 Å². The van der Waals surface area contributed by atoms with Crippen molar-refractivity contribution in [2.24, 2.45) is 5.92 Å². The highest BCUT2D eigenvalue weighted by Gasteiger charge is 2.25. The first-order valence-corrected chi connectivity index (χ1v) is 10.7. The third-order valence-electron chi connectivity index (χ3n) is 4.35. The summed E-state index contributed by atoms with van der Waals surface area (Å²) in [6, 6.07) is 5.21. The fourth-order valence-electron chi connectivity index (χ4n) is 3.13. The molecule has 0 spiro atoms. The molecule has 1 aliphatic rings. The van der Waals surface area contributed by atoms with Gasteiger partial charge < -0.3 is 4.74 Å². The summed E-state index contributed by atoms with van der Waals surface area (Å²) in [7, 11) is -3.63. The number of nitrogens with zero attached hydrogens (tertiary/aromatic N) is 3. The SMILES string of the molecule is CC(C)CC(CNS(=O)(=O)c1cccc2nsnc12)N1CCOCC1. The molecule has 9 heteroatoms. The molecule has 0 saturated carbocycles. The number of morpholine rings is 1. The van der Waals surface area contributed by atoms with Crippen LogP contribution in [0.1, 0.15) is 20.3 Å². The number of ether oxygens (including phenoxy) is 1. The lowest BCUT2D eigenvalue weighted by Crippen LogP contribution is -2.49. The maximum atomic E-state index is 12.8. The zero-order valence-corrected chi connectivity index (χ0v) is 16.1. The molecule has 138 valence electrons. The summed E-state index contributed by atoms with van der Waals surface area (Å²) in [5.74, 6) is 0.489. The smallest absolute Gasteiger partial charge is 0.242 e. The standard InChI is InChI=1S/C16H24N4O3S2/c1-12(2)10-13(20-6-8-23-9-7-20)11-17-25(21,22)15-5-3-4-14-16(15)19-24-18-14/h3-5,12-13,17H,6-11H2,1-2H3. The second-order valence-corrected chi connectivity index (χ2v) is 8.94. The van der Waals surface area contributed by atoms with Crippen LogP contribution in [0.5, 0.6) is 0 Å². The monoisotopic (exact) mass is 384 g/mol. The molecule has 2 aromatic rings. The molecule has 1 unspecified atom stereocenters. The zero-order valence-electron chi connectivity index (χ0n) is 14.5. The lowest BCUT2D eigenvalue weighted by atomic mass is 10.0. The number of hydrogen-bond acceptors (Lipinski definition) is 7. The molecule has 1 aliphatic heterocycles. The van der Waals surface area contributed by atoms with Gasteiger partial charge in [-0.1, -0.05) is 19.9 Å². The van der Waals surface area contributed by atoms with Crippen molar-refractivity contribution in [2.45, 2.75) is 31.2 Å². The molecule has 0 aliphatic carbocycles. The number of rotatable bonds is 7. The number of nitrogens with one attached hydrogen (secondary N) is 1. The van der Waals surface area contributed by atoms with Crippen molar-refractivity contribution in [1.29, 1.82) is 0 Å². The Hall–Kier alpha value is -1.13. The highest BCUT2D eigenvalue weighted by molar-refractivity contribution is 7.89. The minimum atomic E-state index is -3.63. The Morgan fingerprint density at radius 1 is 1.28 bits per heavy atom. The van der Waals surface area contributed by atoms with Gasteiger partial charge in [-0.3, -0.25) is 4.90 Å². The van der Waals surface area contributed by atoms with E-state index in [-0.39, 0.29) is 10.9 Å². The average molecular weight is 385 g/mol. The number of sulfonamides is 1. The fraction of sp³-hybridized carbons (Fsp3) is 0.625. The highest BCUT2D eigenvalue weighted by atomic mass is 32.2. The molecule has 0 amide bonds. The summed E-state index contributed by atoms with van der Waals surface area (Å²) in [5.41, 5.74) is 1.05. The van der Waals surface area contributed by atoms with Gasteiger partial charge in [0.05, 0.1) is 24.9 Å². The highest BCUT2D eigenvalue weighted by Crippen LogP contribution is 2.21. The van der Waals surface area contributed by atoms with E-state index in [0.29, 0.717) is 36.7 Å². The van der Waals surface area contributed by atoms with E-state index >= 15 is 0 Å². The Kier molecular flexibility index (Phi) is 6.00. The molecule has 0 radical (unpaired) electrons. The zero-order chi connectivity index (χ0) is 17.9. The third-order valence-corrected chi connectivity index (χ3v) is 6.35. The summed E-state index contributed by atoms with van der Waals surface area (Å²) in [6.07, 6.45) is 0.935. The van der Waals surface area contributed by atoms with Gasteiger partial charge >= 0.3 is 0 Å². The Morgan fingerprint density at radius 2 is 2.04 bits per heavy atom. The topological polar surface area (TPSA) is 84.4 Å². The molecule has 25 heavy (non-hydrogen) atoms. The van der Waals surface area contributed by atoms with Crippen LogP contribution < -0.4 is 4.72 Å². The second kappa shape index (κ2) is 8.05. The molecule has 7 nitrogen and oxygen atoms in total. The van der Waals surface area contributed by atoms with Gasteiger partial charge in [0.2, 0.25) is 10.0 Å². The lowest BCUT2D eigenvalue weighted by molar-refractivity contribution is 0.0134. The first kappa shape index (κ1) is 18.7. The molecule has 1 aromatic heterocycles. The minimum Gasteiger partial charge on any atom is -0.379 e. The third kappa shape index (κ3) is 4.53. The molecule has 3 rings (SSSR count). The number of hydrogen-bond donors (Lipinski definition) is 1. The van der Waals surface area contributed by atoms with E-state index in [1.54, 1.807) is 18.2 Å². The minimum absolute atomic E-state index is 0.159. The maximum absolute atomic E-state index is 12.8. The van der Waals surface area contributed by atoms with Crippen LogP contribution in [0, 0.1) is 5.92 Å². The lowest BCUT2D eigenvalue weighted by Gasteiger charge is -2.35. The molecular formula is C16H24N4O3S2. The molecule has 1 N–H and O–H groups in total. The fourth-order valence-corrected chi connectivity index (χ4v) is 4.97. The Balaban J connectivity index is 1.75. The van der Waals surface area contributed by atoms with E-state index in [1.165, 1.54) is 0 Å². The van der Waals surface area contributed by atoms with Crippen molar-refractivity contribution in [2.75, 3.05) is 32.8 Å². The molecule has 1 atom stereocenters. The summed E-state index contributed by atoms with van der Waals surface area (Å²) in [5, 5.41) is 0. The molecular weight excluding hydrogens is 360 g/mol. The molecule has 1 fully saturated rings. The Labute approximate surface area is 152 Å². The molecule has 1 aromatic carbocycles. The molecule has 0 bridgehead atoms. The summed E-state index contributed by atoms with van der Waals surface area (Å²) >= 11 is 1.02. The largest absolute Gasteiger partial charge is 0.379 e. The van der Waals surface area contributed by atoms with Crippen LogP contribution in [-0.2, 0) is 14.8 Å². The van der Waals surface area contributed by atoms with E-state index in [0.717, 1.165) is 31.2 Å². The predicted octanol–water partition coefficient (Wildman–Crippen LogP) is 1.72. The van der Waals surface area contributed by atoms with Crippen LogP contribution in [0.4, 0.5) is 0 Å². The van der Waals surface area contributed by atoms with Gasteiger partial charge in [-0.25, -0.2) is 13.1 Å². The van der Waals surface area contributed by atoms with Gasteiger partial charge in [0.1, 0.15) is 15.9 Å². The first-order valence-electron chi connectivity index (χ1n) is 8.50. The second-order valence-electron chi connectivity index (χ2n) is 6.67. The average Bonchev–Trinajstić information content (AvgIpc) is 3.07. The van der Waals surface area contributed by atoms with Crippen LogP contribution in [0.15, 0.2) is 23.1 Å². The Morgan fingerprint density at radius 3 is 2.76 bits per heavy atom. The summed E-state index contributed by atoms with van der Waals surface area (Å²) < 4.78 is 42.1. The van der Waals surface area contributed by atoms with Crippen molar-refractivity contribution in [1.82, 2.24) is 18.4 Å². The van der Waals surface area contributed by atoms with E-state index in [2.05, 4.69) is 32.2 Å². The number of benzene rings is 1. The molecule has 1 saturated heterocycles. The van der Waals surface area contributed by atoms with E-state index < -0.39 is 10.0 Å². The van der Waals surface area contributed by atoms with Gasteiger partial charge in [0.15, 0.2) is 0 Å². The van der Waals surface area contributed by atoms with Crippen LogP contribution >= 0.6 is 11.7 Å². The predicted molar refractivity (Wildman–Crippen MR) is 98.2 cm³/mol. The van der Waals surface area contributed by atoms with Crippen molar-refractivity contribution in [3.63, 3.8) is 0 Å². The van der Waals surface area contributed by atoms with E-state index in [9.17, 15) is 8.42 Å². The normalized spacial score (nSPS) is 18.0. The number of fused-ring (bicyclic) bond motifs is 1. The number of aromatic nitrogens is 2. The van der Waals surface area contributed by atoms with Crippen molar-refractivity contribution in [3.05, 3.63) is 18.2 Å². The van der Waals surface area contributed by atoms with Gasteiger partial charge in [-0.2, -0.15) is 8.75 Å². The van der Waals surface area contributed by atoms with E-state index in [1.807, 2.05) is 0 Å². The van der Waals surface area contributed by atoms with Crippen LogP contribution in [0.25, 0.3) is 11.0 Å². The first-order chi connectivity index (χ1) is 12.0. The quantitative estimate of drug-likeness (QED) is 0.782. The van der Waals surface area contributed by atoms with Crippen LogP contribution in [-0.4, -0.2) is 61.0 Å². The van der Waals surface area contributed by atoms with Crippen molar-refractivity contribution in [3.8, 4) is 0 Å². The van der Waals surface area contributed by atoms with Gasteiger partial charge in [-0.15, -0.1) is 0 Å². The van der Waals surface area contributed by atoms with Gasteiger partial charge in [0.25, 0.3) is 0 Å². The summed E-state index contributed by atoms with van der Waals surface area (Å²) in [4.78, 5) is 2.51. The van der Waals surface area contributed by atoms with Crippen molar-refractivity contribution >= 4 is 32.8 Å². The van der Waals surface area contributed by atoms with Gasteiger partial charge in [0, 0.05) is 25.7 Å². The Bertz CT molecular complexity index is 801. The van der Waals surface area contributed by atoms with Crippen LogP contribution in [0.3, 0.4) is 0 Å². The summed E-state index contributed by atoms with van der Waals surface area (Å²) in [6.45, 7) is 7.77. The van der Waals surface area contributed by atoms with E-state index in [4.69, 9.17) is 4.74 Å².